The molecule has 23 heavy (non-hydrogen) atoms. The molecule has 1 fully saturated rings. The molecule has 126 valence electrons. The molecule has 0 aliphatic carbocycles. The minimum Gasteiger partial charge on any atom is -0.484 e. The van der Waals surface area contributed by atoms with Crippen LogP contribution in [-0.4, -0.2) is 55.3 Å². The number of hydrogen-bond donors (Lipinski definition) is 1. The van der Waals surface area contributed by atoms with Crippen LogP contribution in [0.3, 0.4) is 0 Å². The third-order valence-electron chi connectivity index (χ3n) is 4.27. The minimum atomic E-state index is -1.01. The molecule has 0 saturated carbocycles. The first-order chi connectivity index (χ1) is 11.0. The second kappa shape index (κ2) is 7.46. The van der Waals surface area contributed by atoms with Crippen LogP contribution >= 0.6 is 0 Å². The number of carbonyl (C=O) groups is 2. The van der Waals surface area contributed by atoms with Crippen LogP contribution in [-0.2, 0) is 20.7 Å². The highest BCUT2D eigenvalue weighted by atomic mass is 16.5. The normalized spacial score (nSPS) is 20.5. The number of methoxy groups -OCH3 is 1. The maximum atomic E-state index is 12.2. The van der Waals surface area contributed by atoms with Crippen molar-refractivity contribution >= 4 is 11.9 Å². The molecule has 1 aliphatic rings. The van der Waals surface area contributed by atoms with Gasteiger partial charge in [0.2, 0.25) is 0 Å². The second-order valence-corrected chi connectivity index (χ2v) is 5.87. The molecule has 2 rings (SSSR count). The highest BCUT2D eigenvalue weighted by Crippen LogP contribution is 2.31. The zero-order chi connectivity index (χ0) is 16.9. The van der Waals surface area contributed by atoms with Gasteiger partial charge in [-0.05, 0) is 30.5 Å². The lowest BCUT2D eigenvalue weighted by molar-refractivity contribution is -0.151. The highest BCUT2D eigenvalue weighted by molar-refractivity contribution is 5.81. The first-order valence-electron chi connectivity index (χ1n) is 7.72. The van der Waals surface area contributed by atoms with E-state index in [0.717, 1.165) is 6.42 Å². The summed E-state index contributed by atoms with van der Waals surface area (Å²) < 4.78 is 10.5. The van der Waals surface area contributed by atoms with E-state index >= 15 is 0 Å². The van der Waals surface area contributed by atoms with Gasteiger partial charge in [-0.2, -0.15) is 0 Å². The molecular formula is C17H23NO5. The standard InChI is InChI=1S/C17H23NO5/c1-3-13-4-6-14(7-5-13)23-10-15(19)18-9-8-17(11-18,12-22-2)16(20)21/h4-7H,3,8-12H2,1-2H3,(H,20,21). The number of carboxylic acid groups (broad SMARTS) is 1. The van der Waals surface area contributed by atoms with E-state index in [1.54, 1.807) is 0 Å². The van der Waals surface area contributed by atoms with Crippen molar-refractivity contribution in [1.29, 1.82) is 0 Å². The van der Waals surface area contributed by atoms with Gasteiger partial charge in [0.05, 0.1) is 6.61 Å². The van der Waals surface area contributed by atoms with Crippen LogP contribution in [0.1, 0.15) is 18.9 Å². The number of carboxylic acids is 1. The van der Waals surface area contributed by atoms with E-state index in [4.69, 9.17) is 9.47 Å². The molecule has 0 spiro atoms. The molecule has 1 amide bonds. The number of ether oxygens (including phenoxy) is 2. The van der Waals surface area contributed by atoms with Crippen molar-refractivity contribution in [2.24, 2.45) is 5.41 Å². The van der Waals surface area contributed by atoms with Crippen molar-refractivity contribution < 1.29 is 24.2 Å². The third-order valence-corrected chi connectivity index (χ3v) is 4.27. The van der Waals surface area contributed by atoms with E-state index in [9.17, 15) is 14.7 Å². The monoisotopic (exact) mass is 321 g/mol. The maximum absolute atomic E-state index is 12.2. The van der Waals surface area contributed by atoms with E-state index in [0.29, 0.717) is 18.7 Å². The molecule has 1 N–H and O–H groups in total. The van der Waals surface area contributed by atoms with Gasteiger partial charge in [0, 0.05) is 20.2 Å². The Morgan fingerprint density at radius 1 is 1.30 bits per heavy atom. The molecule has 1 saturated heterocycles. The average Bonchev–Trinajstić information content (AvgIpc) is 2.99. The van der Waals surface area contributed by atoms with Gasteiger partial charge >= 0.3 is 5.97 Å². The Hall–Kier alpha value is -2.08. The molecule has 1 aliphatic heterocycles. The summed E-state index contributed by atoms with van der Waals surface area (Å²) in [7, 11) is 1.47. The van der Waals surface area contributed by atoms with Gasteiger partial charge < -0.3 is 19.5 Å². The van der Waals surface area contributed by atoms with Crippen LogP contribution in [0.15, 0.2) is 24.3 Å². The van der Waals surface area contributed by atoms with Gasteiger partial charge in [0.15, 0.2) is 6.61 Å². The average molecular weight is 321 g/mol. The number of aryl methyl sites for hydroxylation is 1. The number of nitrogens with zero attached hydrogens (tertiary/aromatic N) is 1. The summed E-state index contributed by atoms with van der Waals surface area (Å²) in [5.41, 5.74) is 0.196. The second-order valence-electron chi connectivity index (χ2n) is 5.87. The first-order valence-corrected chi connectivity index (χ1v) is 7.72. The van der Waals surface area contributed by atoms with Crippen molar-refractivity contribution in [3.05, 3.63) is 29.8 Å². The summed E-state index contributed by atoms with van der Waals surface area (Å²) in [4.78, 5) is 25.2. The zero-order valence-corrected chi connectivity index (χ0v) is 13.6. The molecule has 0 radical (unpaired) electrons. The molecular weight excluding hydrogens is 298 g/mol. The smallest absolute Gasteiger partial charge is 0.313 e. The van der Waals surface area contributed by atoms with Gasteiger partial charge in [0.1, 0.15) is 11.2 Å². The van der Waals surface area contributed by atoms with Gasteiger partial charge in [-0.15, -0.1) is 0 Å². The maximum Gasteiger partial charge on any atom is 0.313 e. The lowest BCUT2D eigenvalue weighted by atomic mass is 9.88. The largest absolute Gasteiger partial charge is 0.484 e. The minimum absolute atomic E-state index is 0.0891. The number of amides is 1. The Bertz CT molecular complexity index is 557. The van der Waals surface area contributed by atoms with Gasteiger partial charge in [0.25, 0.3) is 5.91 Å². The van der Waals surface area contributed by atoms with Crippen LogP contribution in [0.25, 0.3) is 0 Å². The lowest BCUT2D eigenvalue weighted by Crippen LogP contribution is -2.41. The molecule has 1 unspecified atom stereocenters. The van der Waals surface area contributed by atoms with E-state index in [1.165, 1.54) is 17.6 Å². The highest BCUT2D eigenvalue weighted by Gasteiger charge is 2.46. The summed E-state index contributed by atoms with van der Waals surface area (Å²) in [5.74, 6) is -0.495. The summed E-state index contributed by atoms with van der Waals surface area (Å²) in [6.07, 6.45) is 1.34. The summed E-state index contributed by atoms with van der Waals surface area (Å²) in [5, 5.41) is 9.40. The predicted molar refractivity (Wildman–Crippen MR) is 84.5 cm³/mol. The zero-order valence-electron chi connectivity index (χ0n) is 13.6. The van der Waals surface area contributed by atoms with Gasteiger partial charge in [-0.3, -0.25) is 9.59 Å². The molecule has 1 atom stereocenters. The SMILES string of the molecule is CCc1ccc(OCC(=O)N2CCC(COC)(C(=O)O)C2)cc1. The number of hydrogen-bond acceptors (Lipinski definition) is 4. The Morgan fingerprint density at radius 3 is 2.57 bits per heavy atom. The van der Waals surface area contributed by atoms with Gasteiger partial charge in [-0.25, -0.2) is 0 Å². The van der Waals surface area contributed by atoms with Crippen LogP contribution in [0.5, 0.6) is 5.75 Å². The fourth-order valence-corrected chi connectivity index (χ4v) is 2.77. The first kappa shape index (κ1) is 17.3. The Balaban J connectivity index is 1.90. The number of rotatable bonds is 7. The molecule has 6 heteroatoms. The van der Waals surface area contributed by atoms with Gasteiger partial charge in [-0.1, -0.05) is 19.1 Å². The number of carbonyl (C=O) groups excluding carboxylic acids is 1. The number of benzene rings is 1. The van der Waals surface area contributed by atoms with Crippen molar-refractivity contribution in [2.45, 2.75) is 19.8 Å². The Morgan fingerprint density at radius 2 is 2.00 bits per heavy atom. The Labute approximate surface area is 136 Å². The molecule has 0 bridgehead atoms. The van der Waals surface area contributed by atoms with E-state index in [1.807, 2.05) is 24.3 Å². The van der Waals surface area contributed by atoms with Crippen molar-refractivity contribution in [2.75, 3.05) is 33.4 Å². The van der Waals surface area contributed by atoms with E-state index in [2.05, 4.69) is 6.92 Å². The number of aliphatic carboxylic acids is 1. The van der Waals surface area contributed by atoms with E-state index < -0.39 is 11.4 Å². The third kappa shape index (κ3) is 4.01. The summed E-state index contributed by atoms with van der Waals surface area (Å²) in [6.45, 7) is 2.65. The summed E-state index contributed by atoms with van der Waals surface area (Å²) in [6, 6.07) is 7.60. The van der Waals surface area contributed by atoms with Crippen molar-refractivity contribution in [3.8, 4) is 5.75 Å². The lowest BCUT2D eigenvalue weighted by Gasteiger charge is -2.23. The van der Waals surface area contributed by atoms with Crippen LogP contribution in [0.2, 0.25) is 0 Å². The number of likely N-dealkylation sites (tertiary alicyclic amines) is 1. The van der Waals surface area contributed by atoms with Crippen LogP contribution in [0.4, 0.5) is 0 Å². The molecule has 0 aromatic heterocycles. The van der Waals surface area contributed by atoms with Crippen molar-refractivity contribution in [3.63, 3.8) is 0 Å². The van der Waals surface area contributed by atoms with Crippen LogP contribution in [0, 0.1) is 5.41 Å². The molecule has 1 aromatic carbocycles. The predicted octanol–water partition coefficient (Wildman–Crippen LogP) is 1.58. The van der Waals surface area contributed by atoms with E-state index in [-0.39, 0.29) is 25.7 Å². The summed E-state index contributed by atoms with van der Waals surface area (Å²) >= 11 is 0. The fraction of sp³-hybridized carbons (Fsp3) is 0.529. The topological polar surface area (TPSA) is 76.1 Å². The molecule has 6 nitrogen and oxygen atoms in total. The van der Waals surface area contributed by atoms with Crippen molar-refractivity contribution in [1.82, 2.24) is 4.90 Å². The van der Waals surface area contributed by atoms with Crippen LogP contribution < -0.4 is 4.74 Å². The molecule has 1 aromatic rings. The molecule has 1 heterocycles. The quantitative estimate of drug-likeness (QED) is 0.825. The Kier molecular flexibility index (Phi) is 5.60. The fourth-order valence-electron chi connectivity index (χ4n) is 2.77.